The molecule has 1 saturated heterocycles. The quantitative estimate of drug-likeness (QED) is 0.321. The third-order valence-corrected chi connectivity index (χ3v) is 3.94. The Hall–Kier alpha value is -2.24. The van der Waals surface area contributed by atoms with Crippen molar-refractivity contribution in [1.82, 2.24) is 15.5 Å². The smallest absolute Gasteiger partial charge is 0.411 e. The van der Waals surface area contributed by atoms with Crippen LogP contribution in [-0.4, -0.2) is 61.9 Å². The van der Waals surface area contributed by atoms with Gasteiger partial charge in [-0.2, -0.15) is 0 Å². The van der Waals surface area contributed by atoms with Gasteiger partial charge in [0.25, 0.3) is 0 Å². The lowest BCUT2D eigenvalue weighted by Crippen LogP contribution is -2.63. The SMILES string of the molecule is CN=C(NCc1ccc(NC(=O)OC)cc1)NC1CN(C(=O)OC(C)(C)C)C1.I. The number of anilines is 1. The zero-order valence-corrected chi connectivity index (χ0v) is 19.8. The van der Waals surface area contributed by atoms with Crippen molar-refractivity contribution in [3.8, 4) is 0 Å². The van der Waals surface area contributed by atoms with E-state index in [1.54, 1.807) is 24.1 Å². The Morgan fingerprint density at radius 2 is 1.83 bits per heavy atom. The second kappa shape index (κ2) is 11.1. The number of carbonyl (C=O) groups excluding carboxylic acids is 2. The van der Waals surface area contributed by atoms with E-state index in [1.807, 2.05) is 32.9 Å². The van der Waals surface area contributed by atoms with Crippen LogP contribution in [0.2, 0.25) is 0 Å². The monoisotopic (exact) mass is 519 g/mol. The van der Waals surface area contributed by atoms with E-state index in [9.17, 15) is 9.59 Å². The fraction of sp³-hybridized carbons (Fsp3) is 0.526. The van der Waals surface area contributed by atoms with Crippen molar-refractivity contribution in [1.29, 1.82) is 0 Å². The van der Waals surface area contributed by atoms with Crippen molar-refractivity contribution < 1.29 is 19.1 Å². The van der Waals surface area contributed by atoms with Gasteiger partial charge in [-0.3, -0.25) is 10.3 Å². The number of rotatable bonds is 4. The average molecular weight is 519 g/mol. The van der Waals surface area contributed by atoms with Crippen molar-refractivity contribution in [2.45, 2.75) is 39.0 Å². The summed E-state index contributed by atoms with van der Waals surface area (Å²) in [6, 6.07) is 7.53. The van der Waals surface area contributed by atoms with Gasteiger partial charge in [0.15, 0.2) is 5.96 Å². The summed E-state index contributed by atoms with van der Waals surface area (Å²) >= 11 is 0. The highest BCUT2D eigenvalue weighted by Crippen LogP contribution is 2.15. The molecule has 2 rings (SSSR count). The number of likely N-dealkylation sites (tertiary alicyclic amines) is 1. The predicted octanol–water partition coefficient (Wildman–Crippen LogP) is 2.77. The lowest BCUT2D eigenvalue weighted by Gasteiger charge is -2.40. The Morgan fingerprint density at radius 3 is 2.34 bits per heavy atom. The van der Waals surface area contributed by atoms with Crippen molar-refractivity contribution in [3.05, 3.63) is 29.8 Å². The van der Waals surface area contributed by atoms with Gasteiger partial charge in [0.05, 0.1) is 13.2 Å². The number of nitrogens with one attached hydrogen (secondary N) is 3. The highest BCUT2D eigenvalue weighted by molar-refractivity contribution is 14.0. The molecule has 1 aliphatic heterocycles. The van der Waals surface area contributed by atoms with Gasteiger partial charge >= 0.3 is 12.2 Å². The second-order valence-electron chi connectivity index (χ2n) is 7.47. The van der Waals surface area contributed by atoms with Crippen molar-refractivity contribution in [2.24, 2.45) is 4.99 Å². The van der Waals surface area contributed by atoms with Crippen LogP contribution in [0.1, 0.15) is 26.3 Å². The van der Waals surface area contributed by atoms with Gasteiger partial charge in [-0.1, -0.05) is 12.1 Å². The van der Waals surface area contributed by atoms with E-state index in [0.29, 0.717) is 31.3 Å². The van der Waals surface area contributed by atoms with E-state index >= 15 is 0 Å². The summed E-state index contributed by atoms with van der Waals surface area (Å²) in [5, 5.41) is 9.12. The number of amides is 2. The Morgan fingerprint density at radius 1 is 1.21 bits per heavy atom. The van der Waals surface area contributed by atoms with Gasteiger partial charge in [0.1, 0.15) is 5.60 Å². The number of benzene rings is 1. The lowest BCUT2D eigenvalue weighted by atomic mass is 10.1. The molecule has 0 radical (unpaired) electrons. The highest BCUT2D eigenvalue weighted by atomic mass is 127. The molecule has 9 nitrogen and oxygen atoms in total. The van der Waals surface area contributed by atoms with E-state index in [4.69, 9.17) is 4.74 Å². The third kappa shape index (κ3) is 8.34. The number of halogens is 1. The van der Waals surface area contributed by atoms with Crippen LogP contribution in [0.5, 0.6) is 0 Å². The summed E-state index contributed by atoms with van der Waals surface area (Å²) < 4.78 is 9.90. The summed E-state index contributed by atoms with van der Waals surface area (Å²) in [6.45, 7) is 7.27. The lowest BCUT2D eigenvalue weighted by molar-refractivity contribution is 0.00700. The molecule has 162 valence electrons. The topological polar surface area (TPSA) is 104 Å². The minimum atomic E-state index is -0.503. The average Bonchev–Trinajstić information content (AvgIpc) is 2.59. The Kier molecular flexibility index (Phi) is 9.47. The molecule has 1 fully saturated rings. The normalized spacial score (nSPS) is 14.2. The predicted molar refractivity (Wildman–Crippen MR) is 123 cm³/mol. The second-order valence-corrected chi connectivity index (χ2v) is 7.47. The van der Waals surface area contributed by atoms with E-state index < -0.39 is 11.7 Å². The van der Waals surface area contributed by atoms with Gasteiger partial charge in [-0.15, -0.1) is 24.0 Å². The van der Waals surface area contributed by atoms with Crippen LogP contribution < -0.4 is 16.0 Å². The van der Waals surface area contributed by atoms with Crippen molar-refractivity contribution in [3.63, 3.8) is 0 Å². The summed E-state index contributed by atoms with van der Waals surface area (Å²) in [7, 11) is 3.02. The number of ether oxygens (including phenoxy) is 2. The van der Waals surface area contributed by atoms with Gasteiger partial charge in [0.2, 0.25) is 0 Å². The van der Waals surface area contributed by atoms with Crippen LogP contribution in [-0.2, 0) is 16.0 Å². The summed E-state index contributed by atoms with van der Waals surface area (Å²) in [5.41, 5.74) is 1.20. The van der Waals surface area contributed by atoms with Gasteiger partial charge in [-0.05, 0) is 38.5 Å². The number of hydrogen-bond acceptors (Lipinski definition) is 5. The Labute approximate surface area is 188 Å². The van der Waals surface area contributed by atoms with Crippen LogP contribution in [0.4, 0.5) is 15.3 Å². The van der Waals surface area contributed by atoms with E-state index in [1.165, 1.54) is 7.11 Å². The number of hydrogen-bond donors (Lipinski definition) is 3. The third-order valence-electron chi connectivity index (χ3n) is 3.94. The zero-order valence-electron chi connectivity index (χ0n) is 17.4. The molecule has 0 spiro atoms. The molecular formula is C19H30IN5O4. The van der Waals surface area contributed by atoms with E-state index in [-0.39, 0.29) is 36.1 Å². The number of aliphatic imine (C=N–C) groups is 1. The molecule has 1 aromatic carbocycles. The first-order chi connectivity index (χ1) is 13.2. The van der Waals surface area contributed by atoms with Crippen LogP contribution in [0.25, 0.3) is 0 Å². The highest BCUT2D eigenvalue weighted by Gasteiger charge is 2.34. The Bertz CT molecular complexity index is 712. The molecule has 0 atom stereocenters. The molecule has 10 heteroatoms. The number of nitrogens with zero attached hydrogens (tertiary/aromatic N) is 2. The standard InChI is InChI=1S/C19H29N5O4.HI/c1-19(2,3)28-18(26)24-11-15(12-24)22-16(20-4)21-10-13-6-8-14(9-7-13)23-17(25)27-5;/h6-9,15H,10-12H2,1-5H3,(H,23,25)(H2,20,21,22);1H. The van der Waals surface area contributed by atoms with Crippen molar-refractivity contribution >= 4 is 47.8 Å². The molecule has 1 heterocycles. The maximum atomic E-state index is 12.0. The molecule has 0 aliphatic carbocycles. The van der Waals surface area contributed by atoms with Gasteiger partial charge < -0.3 is 25.0 Å². The van der Waals surface area contributed by atoms with Crippen LogP contribution in [0.3, 0.4) is 0 Å². The van der Waals surface area contributed by atoms with E-state index in [2.05, 4.69) is 25.7 Å². The van der Waals surface area contributed by atoms with Gasteiger partial charge in [-0.25, -0.2) is 9.59 Å². The summed E-state index contributed by atoms with van der Waals surface area (Å²) in [5.74, 6) is 0.658. The molecule has 1 aliphatic rings. The first-order valence-corrected chi connectivity index (χ1v) is 9.09. The molecule has 2 amide bonds. The molecule has 0 unspecified atom stereocenters. The molecule has 29 heavy (non-hydrogen) atoms. The fourth-order valence-electron chi connectivity index (χ4n) is 2.49. The molecule has 0 aromatic heterocycles. The molecule has 0 bridgehead atoms. The largest absolute Gasteiger partial charge is 0.453 e. The number of methoxy groups -OCH3 is 1. The first-order valence-electron chi connectivity index (χ1n) is 9.09. The van der Waals surface area contributed by atoms with Crippen LogP contribution >= 0.6 is 24.0 Å². The maximum absolute atomic E-state index is 12.0. The molecule has 0 saturated carbocycles. The molecular weight excluding hydrogens is 489 g/mol. The van der Waals surface area contributed by atoms with E-state index in [0.717, 1.165) is 5.56 Å². The summed E-state index contributed by atoms with van der Waals surface area (Å²) in [6.07, 6.45) is -0.800. The summed E-state index contributed by atoms with van der Waals surface area (Å²) in [4.78, 5) is 29.0. The number of carbonyl (C=O) groups is 2. The minimum absolute atomic E-state index is 0. The van der Waals surface area contributed by atoms with Crippen LogP contribution in [0, 0.1) is 0 Å². The van der Waals surface area contributed by atoms with Crippen molar-refractivity contribution in [2.75, 3.05) is 32.6 Å². The Balaban J connectivity index is 0.00000420. The van der Waals surface area contributed by atoms with Crippen LogP contribution in [0.15, 0.2) is 29.3 Å². The fourth-order valence-corrected chi connectivity index (χ4v) is 2.49. The molecule has 3 N–H and O–H groups in total. The minimum Gasteiger partial charge on any atom is -0.453 e. The van der Waals surface area contributed by atoms with Gasteiger partial charge in [0, 0.05) is 32.4 Å². The number of guanidine groups is 1. The maximum Gasteiger partial charge on any atom is 0.411 e. The molecule has 1 aromatic rings. The first kappa shape index (κ1) is 24.8. The zero-order chi connectivity index (χ0) is 20.7.